The Kier molecular flexibility index (Phi) is 5.18. The van der Waals surface area contributed by atoms with Crippen LogP contribution in [0.2, 0.25) is 0 Å². The van der Waals surface area contributed by atoms with Gasteiger partial charge in [0.1, 0.15) is 5.82 Å². The number of anilines is 1. The van der Waals surface area contributed by atoms with Gasteiger partial charge in [0.2, 0.25) is 5.88 Å². The number of hydrogen-bond donors (Lipinski definition) is 1. The Morgan fingerprint density at radius 3 is 2.53 bits per heavy atom. The Morgan fingerprint density at radius 1 is 1.13 bits per heavy atom. The van der Waals surface area contributed by atoms with E-state index in [1.54, 1.807) is 11.6 Å². The molecule has 152 valence electrons. The summed E-state index contributed by atoms with van der Waals surface area (Å²) < 4.78 is 20.6. The van der Waals surface area contributed by atoms with E-state index in [2.05, 4.69) is 15.4 Å². The van der Waals surface area contributed by atoms with Gasteiger partial charge in [0.15, 0.2) is 11.8 Å². The maximum Gasteiger partial charge on any atom is 0.265 e. The Hall–Kier alpha value is -3.74. The fraction of sp³-hybridized carbons (Fsp3) is 0.174. The van der Waals surface area contributed by atoms with Gasteiger partial charge in [-0.3, -0.25) is 9.48 Å². The lowest BCUT2D eigenvalue weighted by atomic mass is 10.0. The number of aromatic nitrogens is 3. The van der Waals surface area contributed by atoms with Crippen LogP contribution in [0.1, 0.15) is 12.6 Å². The molecule has 2 heterocycles. The van der Waals surface area contributed by atoms with Crippen LogP contribution in [-0.4, -0.2) is 26.8 Å². The van der Waals surface area contributed by atoms with E-state index in [0.717, 1.165) is 22.2 Å². The predicted molar refractivity (Wildman–Crippen MR) is 114 cm³/mol. The lowest BCUT2D eigenvalue weighted by molar-refractivity contribution is -0.122. The Labute approximate surface area is 173 Å². The normalized spacial score (nSPS) is 12.0. The van der Waals surface area contributed by atoms with Crippen molar-refractivity contribution in [3.05, 3.63) is 72.2 Å². The number of fused-ring (bicyclic) bond motifs is 1. The van der Waals surface area contributed by atoms with Crippen LogP contribution < -0.4 is 10.1 Å². The van der Waals surface area contributed by atoms with Gasteiger partial charge in [-0.05, 0) is 49.2 Å². The van der Waals surface area contributed by atoms with Gasteiger partial charge in [-0.2, -0.15) is 10.1 Å². The molecule has 7 heteroatoms. The van der Waals surface area contributed by atoms with E-state index in [-0.39, 0.29) is 11.7 Å². The number of carbonyl (C=O) groups excluding carboxylic acids is 1. The molecule has 0 radical (unpaired) electrons. The summed E-state index contributed by atoms with van der Waals surface area (Å²) in [6.07, 6.45) is -0.807. The summed E-state index contributed by atoms with van der Waals surface area (Å²) in [5.74, 6) is -0.397. The number of benzene rings is 2. The first kappa shape index (κ1) is 19.6. The molecule has 1 unspecified atom stereocenters. The van der Waals surface area contributed by atoms with Crippen LogP contribution in [0.5, 0.6) is 5.88 Å². The van der Waals surface area contributed by atoms with Crippen LogP contribution in [0.4, 0.5) is 10.1 Å². The second kappa shape index (κ2) is 7.94. The molecule has 4 aromatic rings. The van der Waals surface area contributed by atoms with Crippen molar-refractivity contribution in [3.63, 3.8) is 0 Å². The van der Waals surface area contributed by atoms with E-state index in [0.29, 0.717) is 17.2 Å². The second-order valence-electron chi connectivity index (χ2n) is 7.04. The average molecular weight is 404 g/mol. The van der Waals surface area contributed by atoms with Crippen molar-refractivity contribution in [2.24, 2.45) is 7.05 Å². The molecule has 30 heavy (non-hydrogen) atoms. The third-order valence-electron chi connectivity index (χ3n) is 4.81. The third-order valence-corrected chi connectivity index (χ3v) is 4.81. The smallest absolute Gasteiger partial charge is 0.265 e. The summed E-state index contributed by atoms with van der Waals surface area (Å²) in [5.41, 5.74) is 3.98. The zero-order chi connectivity index (χ0) is 21.3. The molecule has 0 fully saturated rings. The molecule has 0 bridgehead atoms. The number of halogens is 1. The SMILES string of the molecule is Cc1nn(C)c2nc(OC(C)C(=O)Nc3ccc(F)cc3)cc(-c3ccccc3)c12. The summed E-state index contributed by atoms with van der Waals surface area (Å²) in [5, 5.41) is 8.14. The molecule has 0 aliphatic rings. The molecule has 2 aromatic carbocycles. The first-order valence-electron chi connectivity index (χ1n) is 9.55. The first-order valence-corrected chi connectivity index (χ1v) is 9.55. The van der Waals surface area contributed by atoms with Crippen LogP contribution in [0, 0.1) is 12.7 Å². The van der Waals surface area contributed by atoms with Gasteiger partial charge in [-0.1, -0.05) is 30.3 Å². The molecule has 0 spiro atoms. The lowest BCUT2D eigenvalue weighted by Gasteiger charge is -2.15. The van der Waals surface area contributed by atoms with Crippen LogP contribution >= 0.6 is 0 Å². The summed E-state index contributed by atoms with van der Waals surface area (Å²) in [4.78, 5) is 17.1. The van der Waals surface area contributed by atoms with Gasteiger partial charge in [-0.15, -0.1) is 0 Å². The Balaban J connectivity index is 1.65. The highest BCUT2D eigenvalue weighted by atomic mass is 19.1. The number of nitrogens with zero attached hydrogens (tertiary/aromatic N) is 3. The van der Waals surface area contributed by atoms with Gasteiger partial charge in [0.25, 0.3) is 5.91 Å². The largest absolute Gasteiger partial charge is 0.464 e. The monoisotopic (exact) mass is 404 g/mol. The van der Waals surface area contributed by atoms with E-state index in [1.165, 1.54) is 24.3 Å². The molecule has 0 saturated carbocycles. The molecule has 2 aromatic heterocycles. The fourth-order valence-corrected chi connectivity index (χ4v) is 3.34. The van der Waals surface area contributed by atoms with Gasteiger partial charge in [0, 0.05) is 18.8 Å². The van der Waals surface area contributed by atoms with Gasteiger partial charge in [0.05, 0.1) is 11.1 Å². The van der Waals surface area contributed by atoms with E-state index in [4.69, 9.17) is 4.74 Å². The molecule has 0 aliphatic carbocycles. The zero-order valence-electron chi connectivity index (χ0n) is 16.9. The van der Waals surface area contributed by atoms with Gasteiger partial charge in [-0.25, -0.2) is 4.39 Å². The standard InChI is InChI=1S/C23H21FN4O2/c1-14-21-19(16-7-5-4-6-8-16)13-20(26-22(21)28(3)27-14)30-15(2)23(29)25-18-11-9-17(24)10-12-18/h4-13,15H,1-3H3,(H,25,29). The molecular weight excluding hydrogens is 383 g/mol. The predicted octanol–water partition coefficient (Wildman–Crippen LogP) is 4.49. The topological polar surface area (TPSA) is 69.0 Å². The van der Waals surface area contributed by atoms with E-state index in [9.17, 15) is 9.18 Å². The minimum Gasteiger partial charge on any atom is -0.464 e. The zero-order valence-corrected chi connectivity index (χ0v) is 16.9. The number of amides is 1. The fourth-order valence-electron chi connectivity index (χ4n) is 3.34. The minimum atomic E-state index is -0.807. The molecule has 1 N–H and O–H groups in total. The first-order chi connectivity index (χ1) is 14.4. The molecular formula is C23H21FN4O2. The number of aryl methyl sites for hydroxylation is 2. The van der Waals surface area contributed by atoms with Crippen LogP contribution in [-0.2, 0) is 11.8 Å². The van der Waals surface area contributed by atoms with Crippen molar-refractivity contribution in [1.82, 2.24) is 14.8 Å². The maximum atomic E-state index is 13.1. The third kappa shape index (κ3) is 3.87. The number of hydrogen-bond acceptors (Lipinski definition) is 4. The van der Waals surface area contributed by atoms with E-state index < -0.39 is 6.10 Å². The van der Waals surface area contributed by atoms with Crippen molar-refractivity contribution in [2.75, 3.05) is 5.32 Å². The van der Waals surface area contributed by atoms with E-state index in [1.807, 2.05) is 50.4 Å². The highest BCUT2D eigenvalue weighted by Crippen LogP contribution is 2.33. The van der Waals surface area contributed by atoms with Gasteiger partial charge >= 0.3 is 0 Å². The Bertz CT molecular complexity index is 1200. The average Bonchev–Trinajstić information content (AvgIpc) is 3.03. The molecule has 1 amide bonds. The lowest BCUT2D eigenvalue weighted by Crippen LogP contribution is -2.30. The summed E-state index contributed by atoms with van der Waals surface area (Å²) >= 11 is 0. The van der Waals surface area contributed by atoms with Gasteiger partial charge < -0.3 is 10.1 Å². The number of rotatable bonds is 5. The molecule has 0 saturated heterocycles. The quantitative estimate of drug-likeness (QED) is 0.532. The summed E-state index contributed by atoms with van der Waals surface area (Å²) in [6.45, 7) is 3.58. The Morgan fingerprint density at radius 2 is 1.83 bits per heavy atom. The van der Waals surface area contributed by atoms with Crippen LogP contribution in [0.15, 0.2) is 60.7 Å². The van der Waals surface area contributed by atoms with Crippen molar-refractivity contribution >= 4 is 22.6 Å². The van der Waals surface area contributed by atoms with Crippen LogP contribution in [0.25, 0.3) is 22.2 Å². The molecule has 4 rings (SSSR count). The second-order valence-corrected chi connectivity index (χ2v) is 7.04. The van der Waals surface area contributed by atoms with Crippen molar-refractivity contribution in [1.29, 1.82) is 0 Å². The molecule has 1 atom stereocenters. The van der Waals surface area contributed by atoms with Crippen molar-refractivity contribution < 1.29 is 13.9 Å². The summed E-state index contributed by atoms with van der Waals surface area (Å²) in [6, 6.07) is 17.3. The number of carbonyl (C=O) groups is 1. The highest BCUT2D eigenvalue weighted by molar-refractivity contribution is 5.96. The summed E-state index contributed by atoms with van der Waals surface area (Å²) in [7, 11) is 1.82. The van der Waals surface area contributed by atoms with E-state index >= 15 is 0 Å². The van der Waals surface area contributed by atoms with Crippen molar-refractivity contribution in [3.8, 4) is 17.0 Å². The minimum absolute atomic E-state index is 0.325. The molecule has 0 aliphatic heterocycles. The van der Waals surface area contributed by atoms with Crippen LogP contribution in [0.3, 0.4) is 0 Å². The number of pyridine rings is 1. The van der Waals surface area contributed by atoms with Crippen molar-refractivity contribution in [2.45, 2.75) is 20.0 Å². The number of ether oxygens (including phenoxy) is 1. The maximum absolute atomic E-state index is 13.1. The number of nitrogens with one attached hydrogen (secondary N) is 1. The molecule has 6 nitrogen and oxygen atoms in total. The highest BCUT2D eigenvalue weighted by Gasteiger charge is 2.19.